The van der Waals surface area contributed by atoms with Crippen molar-refractivity contribution in [2.45, 2.75) is 12.9 Å². The molecule has 0 heterocycles. The molecule has 2 aromatic carbocycles. The first-order valence-electron chi connectivity index (χ1n) is 6.12. The molecule has 2 aromatic rings. The Kier molecular flexibility index (Phi) is 4.54. The summed E-state index contributed by atoms with van der Waals surface area (Å²) < 4.78 is 40.4. The highest BCUT2D eigenvalue weighted by molar-refractivity contribution is 5.50. The van der Waals surface area contributed by atoms with Gasteiger partial charge < -0.3 is 15.9 Å². The first kappa shape index (κ1) is 15.0. The van der Waals surface area contributed by atoms with E-state index >= 15 is 0 Å². The van der Waals surface area contributed by atoms with Crippen LogP contribution in [-0.4, -0.2) is 6.36 Å². The molecule has 0 saturated carbocycles. The van der Waals surface area contributed by atoms with Crippen molar-refractivity contribution in [3.8, 4) is 5.75 Å². The molecule has 0 fully saturated rings. The number of nitrogens with one attached hydrogen (secondary N) is 2. The molecule has 4 N–H and O–H groups in total. The third-order valence-electron chi connectivity index (χ3n) is 2.63. The van der Waals surface area contributed by atoms with Crippen molar-refractivity contribution < 1.29 is 17.9 Å². The minimum atomic E-state index is -4.72. The van der Waals surface area contributed by atoms with Crippen LogP contribution >= 0.6 is 0 Å². The van der Waals surface area contributed by atoms with Gasteiger partial charge in [0.15, 0.2) is 0 Å². The fourth-order valence-electron chi connectivity index (χ4n) is 1.70. The Morgan fingerprint density at radius 1 is 1.05 bits per heavy atom. The van der Waals surface area contributed by atoms with E-state index in [1.165, 1.54) is 18.2 Å². The maximum atomic E-state index is 12.2. The van der Waals surface area contributed by atoms with Gasteiger partial charge in [-0.1, -0.05) is 18.2 Å². The number of rotatable bonds is 5. The van der Waals surface area contributed by atoms with Crippen LogP contribution < -0.4 is 21.3 Å². The lowest BCUT2D eigenvalue weighted by Crippen LogP contribution is -2.22. The molecule has 0 bridgehead atoms. The van der Waals surface area contributed by atoms with Gasteiger partial charge in [0, 0.05) is 17.9 Å². The molecule has 0 aliphatic heterocycles. The Morgan fingerprint density at radius 2 is 1.76 bits per heavy atom. The van der Waals surface area contributed by atoms with Gasteiger partial charge in [-0.3, -0.25) is 0 Å². The normalized spacial score (nSPS) is 11.2. The second-order valence-electron chi connectivity index (χ2n) is 4.25. The van der Waals surface area contributed by atoms with Gasteiger partial charge in [-0.25, -0.2) is 5.43 Å². The summed E-state index contributed by atoms with van der Waals surface area (Å²) in [5, 5.41) is 0. The molecule has 7 heteroatoms. The van der Waals surface area contributed by atoms with E-state index in [2.05, 4.69) is 15.6 Å². The molecule has 0 atom stereocenters. The van der Waals surface area contributed by atoms with Crippen molar-refractivity contribution in [3.05, 3.63) is 54.1 Å². The third-order valence-corrected chi connectivity index (χ3v) is 2.63. The summed E-state index contributed by atoms with van der Waals surface area (Å²) in [6, 6.07) is 13.1. The van der Waals surface area contributed by atoms with Crippen LogP contribution in [0, 0.1) is 0 Å². The summed E-state index contributed by atoms with van der Waals surface area (Å²) in [5.74, 6) is -0.298. The van der Waals surface area contributed by atoms with Crippen LogP contribution in [0.5, 0.6) is 5.75 Å². The fourth-order valence-corrected chi connectivity index (χ4v) is 1.70. The predicted octanol–water partition coefficient (Wildman–Crippen LogP) is 3.28. The Balaban J connectivity index is 1.97. The Hall–Kier alpha value is -2.41. The van der Waals surface area contributed by atoms with Crippen LogP contribution in [0.3, 0.4) is 0 Å². The lowest BCUT2D eigenvalue weighted by molar-refractivity contribution is -0.274. The molecular weight excluding hydrogens is 283 g/mol. The molecule has 4 nitrogen and oxygen atoms in total. The number of halogens is 3. The fraction of sp³-hybridized carbons (Fsp3) is 0.143. The molecule has 21 heavy (non-hydrogen) atoms. The molecule has 2 rings (SSSR count). The molecule has 0 aromatic heterocycles. The quantitative estimate of drug-likeness (QED) is 0.585. The Morgan fingerprint density at radius 3 is 2.43 bits per heavy atom. The zero-order valence-corrected chi connectivity index (χ0v) is 10.9. The molecule has 0 aliphatic carbocycles. The second-order valence-corrected chi connectivity index (χ2v) is 4.25. The lowest BCUT2D eigenvalue weighted by Gasteiger charge is -2.13. The molecule has 112 valence electrons. The molecule has 0 aliphatic rings. The van der Waals surface area contributed by atoms with Gasteiger partial charge in [-0.15, -0.1) is 13.2 Å². The number of nitrogen functional groups attached to an aromatic ring is 1. The van der Waals surface area contributed by atoms with Crippen LogP contribution in [0.4, 0.5) is 24.5 Å². The van der Waals surface area contributed by atoms with E-state index in [1.54, 1.807) is 0 Å². The summed E-state index contributed by atoms with van der Waals surface area (Å²) in [4.78, 5) is 0. The van der Waals surface area contributed by atoms with E-state index in [9.17, 15) is 13.2 Å². The van der Waals surface area contributed by atoms with Crippen molar-refractivity contribution in [3.63, 3.8) is 0 Å². The number of hydrazine groups is 1. The van der Waals surface area contributed by atoms with Crippen LogP contribution in [0.25, 0.3) is 0 Å². The van der Waals surface area contributed by atoms with Gasteiger partial charge >= 0.3 is 6.36 Å². The summed E-state index contributed by atoms with van der Waals surface area (Å²) in [5.41, 5.74) is 13.2. The highest BCUT2D eigenvalue weighted by Gasteiger charge is 2.31. The van der Waals surface area contributed by atoms with E-state index in [4.69, 9.17) is 5.73 Å². The van der Waals surface area contributed by atoms with Gasteiger partial charge in [0.25, 0.3) is 0 Å². The van der Waals surface area contributed by atoms with Gasteiger partial charge in [-0.2, -0.15) is 0 Å². The summed E-state index contributed by atoms with van der Waals surface area (Å²) in [6.45, 7) is 0.246. The molecule has 0 radical (unpaired) electrons. The maximum Gasteiger partial charge on any atom is 0.573 e. The minimum Gasteiger partial charge on any atom is -0.406 e. The largest absolute Gasteiger partial charge is 0.573 e. The average Bonchev–Trinajstić information content (AvgIpc) is 2.42. The van der Waals surface area contributed by atoms with Crippen molar-refractivity contribution in [1.29, 1.82) is 0 Å². The van der Waals surface area contributed by atoms with Gasteiger partial charge in [0.05, 0.1) is 0 Å². The summed E-state index contributed by atoms with van der Waals surface area (Å²) in [7, 11) is 0. The number of nitrogens with two attached hydrogens (primary N) is 1. The Labute approximate surface area is 119 Å². The van der Waals surface area contributed by atoms with E-state index in [1.807, 2.05) is 30.3 Å². The summed E-state index contributed by atoms with van der Waals surface area (Å²) >= 11 is 0. The molecule has 0 saturated heterocycles. The molecule has 0 amide bonds. The standard InChI is InChI=1S/C14H14F3N3O/c15-14(16,17)21-12-6-7-13(18)10(8-12)9-19-20-11-4-2-1-3-5-11/h1-8,19-20H,9,18H2. The predicted molar refractivity (Wildman–Crippen MR) is 74.4 cm³/mol. The van der Waals surface area contributed by atoms with E-state index in [-0.39, 0.29) is 12.3 Å². The first-order valence-corrected chi connectivity index (χ1v) is 6.12. The Bertz CT molecular complexity index is 588. The van der Waals surface area contributed by atoms with Crippen LogP contribution in [0.15, 0.2) is 48.5 Å². The van der Waals surface area contributed by atoms with Crippen molar-refractivity contribution in [2.24, 2.45) is 0 Å². The number of anilines is 2. The second kappa shape index (κ2) is 6.36. The van der Waals surface area contributed by atoms with Gasteiger partial charge in [0.2, 0.25) is 0 Å². The maximum absolute atomic E-state index is 12.2. The smallest absolute Gasteiger partial charge is 0.406 e. The summed E-state index contributed by atoms with van der Waals surface area (Å²) in [6.07, 6.45) is -4.72. The molecule has 0 unspecified atom stereocenters. The number of ether oxygens (including phenoxy) is 1. The zero-order chi connectivity index (χ0) is 15.3. The number of alkyl halides is 3. The SMILES string of the molecule is Nc1ccc(OC(F)(F)F)cc1CNNc1ccccc1. The molecular formula is C14H14F3N3O. The zero-order valence-electron chi connectivity index (χ0n) is 10.9. The van der Waals surface area contributed by atoms with Gasteiger partial charge in [0.1, 0.15) is 5.75 Å². The van der Waals surface area contributed by atoms with Gasteiger partial charge in [-0.05, 0) is 35.9 Å². The van der Waals surface area contributed by atoms with Crippen LogP contribution in [-0.2, 0) is 6.54 Å². The number of para-hydroxylation sites is 1. The van der Waals surface area contributed by atoms with E-state index < -0.39 is 6.36 Å². The van der Waals surface area contributed by atoms with E-state index in [0.717, 1.165) is 5.69 Å². The lowest BCUT2D eigenvalue weighted by atomic mass is 10.2. The number of hydrogen-bond donors (Lipinski definition) is 3. The first-order chi connectivity index (χ1) is 9.94. The highest BCUT2D eigenvalue weighted by Crippen LogP contribution is 2.26. The van der Waals surface area contributed by atoms with Crippen LogP contribution in [0.1, 0.15) is 5.56 Å². The topological polar surface area (TPSA) is 59.3 Å². The van der Waals surface area contributed by atoms with Crippen LogP contribution in [0.2, 0.25) is 0 Å². The van der Waals surface area contributed by atoms with Crippen molar-refractivity contribution in [2.75, 3.05) is 11.2 Å². The number of hydrogen-bond acceptors (Lipinski definition) is 4. The third kappa shape index (κ3) is 4.88. The monoisotopic (exact) mass is 297 g/mol. The van der Waals surface area contributed by atoms with Crippen molar-refractivity contribution in [1.82, 2.24) is 5.43 Å². The molecule has 0 spiro atoms. The number of benzene rings is 2. The minimum absolute atomic E-state index is 0.246. The van der Waals surface area contributed by atoms with E-state index in [0.29, 0.717) is 11.3 Å². The van der Waals surface area contributed by atoms with Crippen molar-refractivity contribution >= 4 is 11.4 Å². The average molecular weight is 297 g/mol. The highest BCUT2D eigenvalue weighted by atomic mass is 19.4.